The molecule has 2 N–H and O–H groups in total. The van der Waals surface area contributed by atoms with E-state index in [1.807, 2.05) is 0 Å². The third kappa shape index (κ3) is 6.93. The van der Waals surface area contributed by atoms with Crippen LogP contribution in [-0.4, -0.2) is 30.1 Å². The number of halogens is 2. The maximum Gasteiger partial charge on any atom is 0.387 e. The lowest BCUT2D eigenvalue weighted by Gasteiger charge is -2.13. The highest BCUT2D eigenvalue weighted by Crippen LogP contribution is 2.26. The molecule has 0 saturated carbocycles. The summed E-state index contributed by atoms with van der Waals surface area (Å²) in [6.45, 7) is 0.816. The molecule has 134 valence electrons. The van der Waals surface area contributed by atoms with E-state index in [1.54, 1.807) is 13.8 Å². The molecule has 0 atom stereocenters. The fourth-order valence-electron chi connectivity index (χ4n) is 2.42. The van der Waals surface area contributed by atoms with Gasteiger partial charge in [-0.25, -0.2) is 0 Å². The van der Waals surface area contributed by atoms with Crippen molar-refractivity contribution >= 4 is 11.9 Å². The number of carbonyl (C=O) groups excluding carboxylic acids is 1. The Labute approximate surface area is 140 Å². The van der Waals surface area contributed by atoms with Gasteiger partial charge in [-0.3, -0.25) is 9.59 Å². The molecule has 0 spiro atoms. The normalized spacial score (nSPS) is 10.7. The van der Waals surface area contributed by atoms with Gasteiger partial charge in [0, 0.05) is 18.5 Å². The number of hydrogen-bond donors (Lipinski definition) is 2. The van der Waals surface area contributed by atoms with Gasteiger partial charge in [0.25, 0.3) is 5.91 Å². The molecule has 0 heterocycles. The van der Waals surface area contributed by atoms with Crippen molar-refractivity contribution in [1.29, 1.82) is 0 Å². The maximum atomic E-state index is 12.3. The van der Waals surface area contributed by atoms with Crippen molar-refractivity contribution in [3.63, 3.8) is 0 Å². The molecular weight excluding hydrogens is 320 g/mol. The lowest BCUT2D eigenvalue weighted by molar-refractivity contribution is -0.137. The standard InChI is InChI=1S/C17H23F2NO4/c1-11-9-13(10-12(2)15(11)24-17(18)19)16(23)20-8-6-4-3-5-7-14(21)22/h9-10,17H,3-8H2,1-2H3,(H,20,23)(H,21,22). The lowest BCUT2D eigenvalue weighted by Crippen LogP contribution is -2.24. The Morgan fingerprint density at radius 3 is 2.25 bits per heavy atom. The summed E-state index contributed by atoms with van der Waals surface area (Å²) in [6, 6.07) is 3.04. The van der Waals surface area contributed by atoms with Gasteiger partial charge in [0.2, 0.25) is 0 Å². The van der Waals surface area contributed by atoms with Crippen LogP contribution in [0.4, 0.5) is 8.78 Å². The van der Waals surface area contributed by atoms with Crippen LogP contribution in [0, 0.1) is 13.8 Å². The van der Waals surface area contributed by atoms with Crippen LogP contribution >= 0.6 is 0 Å². The minimum Gasteiger partial charge on any atom is -0.481 e. The van der Waals surface area contributed by atoms with E-state index in [4.69, 9.17) is 5.11 Å². The number of carbonyl (C=O) groups is 2. The number of unbranched alkanes of at least 4 members (excludes halogenated alkanes) is 3. The van der Waals surface area contributed by atoms with Crippen molar-refractivity contribution in [3.05, 3.63) is 28.8 Å². The first-order valence-corrected chi connectivity index (χ1v) is 7.87. The highest BCUT2D eigenvalue weighted by molar-refractivity contribution is 5.94. The average Bonchev–Trinajstić information content (AvgIpc) is 2.49. The molecule has 0 radical (unpaired) electrons. The molecule has 24 heavy (non-hydrogen) atoms. The van der Waals surface area contributed by atoms with Crippen molar-refractivity contribution in [2.75, 3.05) is 6.54 Å². The summed E-state index contributed by atoms with van der Waals surface area (Å²) in [6.07, 6.45) is 3.20. The Hall–Kier alpha value is -2.18. The Bertz CT molecular complexity index is 553. The number of aryl methyl sites for hydroxylation is 2. The van der Waals surface area contributed by atoms with Gasteiger partial charge in [0.1, 0.15) is 5.75 Å². The predicted molar refractivity (Wildman–Crippen MR) is 85.6 cm³/mol. The molecule has 0 bridgehead atoms. The molecule has 0 saturated heterocycles. The number of ether oxygens (including phenoxy) is 1. The smallest absolute Gasteiger partial charge is 0.387 e. The van der Waals surface area contributed by atoms with Crippen molar-refractivity contribution in [3.8, 4) is 5.75 Å². The van der Waals surface area contributed by atoms with Crippen LogP contribution in [0.5, 0.6) is 5.75 Å². The van der Waals surface area contributed by atoms with Gasteiger partial charge < -0.3 is 15.2 Å². The second-order valence-corrected chi connectivity index (χ2v) is 5.63. The zero-order chi connectivity index (χ0) is 18.1. The summed E-state index contributed by atoms with van der Waals surface area (Å²) in [5.74, 6) is -0.969. The number of carboxylic acid groups (broad SMARTS) is 1. The van der Waals surface area contributed by atoms with Gasteiger partial charge in [0.05, 0.1) is 0 Å². The first-order valence-electron chi connectivity index (χ1n) is 7.87. The molecule has 0 aliphatic rings. The van der Waals surface area contributed by atoms with Gasteiger partial charge in [-0.2, -0.15) is 8.78 Å². The first kappa shape index (κ1) is 19.9. The minimum absolute atomic E-state index is 0.0972. The van der Waals surface area contributed by atoms with Crippen LogP contribution in [0.25, 0.3) is 0 Å². The number of rotatable bonds is 10. The van der Waals surface area contributed by atoms with E-state index in [-0.39, 0.29) is 18.1 Å². The van der Waals surface area contributed by atoms with Crippen LogP contribution in [0.1, 0.15) is 53.6 Å². The van der Waals surface area contributed by atoms with Crippen LogP contribution in [0.3, 0.4) is 0 Å². The molecule has 0 aromatic heterocycles. The zero-order valence-electron chi connectivity index (χ0n) is 13.9. The molecule has 1 aromatic carbocycles. The van der Waals surface area contributed by atoms with Gasteiger partial charge in [-0.05, 0) is 49.9 Å². The lowest BCUT2D eigenvalue weighted by atomic mass is 10.0. The highest BCUT2D eigenvalue weighted by atomic mass is 19.3. The maximum absolute atomic E-state index is 12.3. The largest absolute Gasteiger partial charge is 0.481 e. The SMILES string of the molecule is Cc1cc(C(=O)NCCCCCCC(=O)O)cc(C)c1OC(F)F. The molecule has 0 fully saturated rings. The van der Waals surface area contributed by atoms with Gasteiger partial charge in [-0.1, -0.05) is 12.8 Å². The van der Waals surface area contributed by atoms with E-state index in [2.05, 4.69) is 10.1 Å². The second kappa shape index (κ2) is 9.85. The Kier molecular flexibility index (Phi) is 8.15. The fourth-order valence-corrected chi connectivity index (χ4v) is 2.42. The van der Waals surface area contributed by atoms with Crippen LogP contribution < -0.4 is 10.1 Å². The van der Waals surface area contributed by atoms with E-state index in [1.165, 1.54) is 12.1 Å². The van der Waals surface area contributed by atoms with Crippen LogP contribution in [0.15, 0.2) is 12.1 Å². The second-order valence-electron chi connectivity index (χ2n) is 5.63. The molecule has 1 amide bonds. The fraction of sp³-hybridized carbons (Fsp3) is 0.529. The van der Waals surface area contributed by atoms with E-state index < -0.39 is 12.6 Å². The Morgan fingerprint density at radius 1 is 1.12 bits per heavy atom. The van der Waals surface area contributed by atoms with E-state index in [0.29, 0.717) is 29.7 Å². The monoisotopic (exact) mass is 343 g/mol. The topological polar surface area (TPSA) is 75.6 Å². The van der Waals surface area contributed by atoms with E-state index in [0.717, 1.165) is 19.3 Å². The number of carboxylic acids is 1. The summed E-state index contributed by atoms with van der Waals surface area (Å²) >= 11 is 0. The number of hydrogen-bond acceptors (Lipinski definition) is 3. The summed E-state index contributed by atoms with van der Waals surface area (Å²) in [5, 5.41) is 11.3. The highest BCUT2D eigenvalue weighted by Gasteiger charge is 2.14. The predicted octanol–water partition coefficient (Wildman–Crippen LogP) is 3.67. The molecule has 0 aliphatic carbocycles. The number of benzene rings is 1. The Morgan fingerprint density at radius 2 is 1.71 bits per heavy atom. The molecule has 1 rings (SSSR count). The summed E-state index contributed by atoms with van der Waals surface area (Å²) in [5.41, 5.74) is 1.36. The molecule has 5 nitrogen and oxygen atoms in total. The van der Waals surface area contributed by atoms with Gasteiger partial charge in [-0.15, -0.1) is 0 Å². The van der Waals surface area contributed by atoms with E-state index >= 15 is 0 Å². The molecule has 1 aromatic rings. The quantitative estimate of drug-likeness (QED) is 0.636. The van der Waals surface area contributed by atoms with Crippen molar-refractivity contribution in [1.82, 2.24) is 5.32 Å². The third-order valence-electron chi connectivity index (χ3n) is 3.53. The van der Waals surface area contributed by atoms with Crippen molar-refractivity contribution in [2.24, 2.45) is 0 Å². The van der Waals surface area contributed by atoms with Crippen molar-refractivity contribution in [2.45, 2.75) is 52.6 Å². The molecule has 0 aliphatic heterocycles. The number of aliphatic carboxylic acids is 1. The third-order valence-corrected chi connectivity index (χ3v) is 3.53. The van der Waals surface area contributed by atoms with Crippen LogP contribution in [-0.2, 0) is 4.79 Å². The van der Waals surface area contributed by atoms with E-state index in [9.17, 15) is 18.4 Å². The Balaban J connectivity index is 2.44. The van der Waals surface area contributed by atoms with Crippen LogP contribution in [0.2, 0.25) is 0 Å². The molecular formula is C17H23F2NO4. The van der Waals surface area contributed by atoms with Gasteiger partial charge >= 0.3 is 12.6 Å². The van der Waals surface area contributed by atoms with Crippen molar-refractivity contribution < 1.29 is 28.2 Å². The summed E-state index contributed by atoms with van der Waals surface area (Å²) < 4.78 is 29.1. The minimum atomic E-state index is -2.90. The summed E-state index contributed by atoms with van der Waals surface area (Å²) in [7, 11) is 0. The average molecular weight is 343 g/mol. The molecule has 0 unspecified atom stereocenters. The summed E-state index contributed by atoms with van der Waals surface area (Å²) in [4.78, 5) is 22.4. The number of amides is 1. The zero-order valence-corrected chi connectivity index (χ0v) is 13.9. The molecule has 7 heteroatoms. The van der Waals surface area contributed by atoms with Gasteiger partial charge in [0.15, 0.2) is 0 Å². The first-order chi connectivity index (χ1) is 11.3. The number of nitrogens with one attached hydrogen (secondary N) is 1. The number of alkyl halides is 2.